The van der Waals surface area contributed by atoms with Gasteiger partial charge in [-0.1, -0.05) is 11.6 Å². The fourth-order valence-electron chi connectivity index (χ4n) is 2.42. The summed E-state index contributed by atoms with van der Waals surface area (Å²) >= 11 is 6.09. The number of carboxylic acid groups (broad SMARTS) is 1. The third kappa shape index (κ3) is 2.95. The van der Waals surface area contributed by atoms with Gasteiger partial charge in [-0.2, -0.15) is 5.10 Å². The Kier molecular flexibility index (Phi) is 4.09. The van der Waals surface area contributed by atoms with Crippen LogP contribution in [0, 0.1) is 12.3 Å². The van der Waals surface area contributed by atoms with Gasteiger partial charge < -0.3 is 10.0 Å². The van der Waals surface area contributed by atoms with Gasteiger partial charge in [-0.25, -0.2) is 0 Å². The maximum Gasteiger partial charge on any atom is 0.311 e. The standard InChI is InChI=1S/C14H18ClN3O3/c1-9-10(12(15)17(3)16-9)4-5-11(19)18-7-6-14(2,8-18)13(20)21/h4-5H,6-8H2,1-3H3,(H,20,21). The summed E-state index contributed by atoms with van der Waals surface area (Å²) in [6.07, 6.45) is 3.52. The maximum absolute atomic E-state index is 12.1. The van der Waals surface area contributed by atoms with Gasteiger partial charge in [0.25, 0.3) is 0 Å². The molecule has 0 aromatic carbocycles. The first-order chi connectivity index (χ1) is 9.74. The van der Waals surface area contributed by atoms with Gasteiger partial charge in [0.1, 0.15) is 5.15 Å². The third-order valence-electron chi connectivity index (χ3n) is 3.89. The lowest BCUT2D eigenvalue weighted by Crippen LogP contribution is -2.34. The number of hydrogen-bond acceptors (Lipinski definition) is 3. The van der Waals surface area contributed by atoms with Gasteiger partial charge in [0.05, 0.1) is 11.1 Å². The molecular weight excluding hydrogens is 294 g/mol. The van der Waals surface area contributed by atoms with E-state index in [-0.39, 0.29) is 12.5 Å². The number of carboxylic acids is 1. The SMILES string of the molecule is Cc1nn(C)c(Cl)c1C=CC(=O)N1CCC(C)(C(=O)O)C1. The highest BCUT2D eigenvalue weighted by molar-refractivity contribution is 6.31. The molecule has 0 radical (unpaired) electrons. The zero-order valence-electron chi connectivity index (χ0n) is 12.3. The molecule has 1 aliphatic rings. The highest BCUT2D eigenvalue weighted by atomic mass is 35.5. The van der Waals surface area contributed by atoms with Gasteiger partial charge in [0.15, 0.2) is 0 Å². The molecule has 7 heteroatoms. The summed E-state index contributed by atoms with van der Waals surface area (Å²) in [5, 5.41) is 13.8. The van der Waals surface area contributed by atoms with Crippen LogP contribution < -0.4 is 0 Å². The number of hydrogen-bond donors (Lipinski definition) is 1. The number of likely N-dealkylation sites (tertiary alicyclic amines) is 1. The molecule has 1 aromatic heterocycles. The zero-order chi connectivity index (χ0) is 15.8. The molecule has 6 nitrogen and oxygen atoms in total. The second kappa shape index (κ2) is 5.52. The normalized spacial score (nSPS) is 22.2. The molecule has 0 bridgehead atoms. The molecule has 1 unspecified atom stereocenters. The van der Waals surface area contributed by atoms with Crippen LogP contribution in [0.4, 0.5) is 0 Å². The fourth-order valence-corrected chi connectivity index (χ4v) is 2.66. The highest BCUT2D eigenvalue weighted by Gasteiger charge is 2.41. The Morgan fingerprint density at radius 2 is 2.14 bits per heavy atom. The van der Waals surface area contributed by atoms with E-state index < -0.39 is 11.4 Å². The van der Waals surface area contributed by atoms with Crippen molar-refractivity contribution < 1.29 is 14.7 Å². The topological polar surface area (TPSA) is 75.4 Å². The van der Waals surface area contributed by atoms with E-state index >= 15 is 0 Å². The Labute approximate surface area is 128 Å². The summed E-state index contributed by atoms with van der Waals surface area (Å²) < 4.78 is 1.54. The van der Waals surface area contributed by atoms with Crippen molar-refractivity contribution in [1.82, 2.24) is 14.7 Å². The Morgan fingerprint density at radius 1 is 1.48 bits per heavy atom. The molecule has 1 saturated heterocycles. The average Bonchev–Trinajstić information content (AvgIpc) is 2.91. The van der Waals surface area contributed by atoms with Crippen molar-refractivity contribution in [2.45, 2.75) is 20.3 Å². The molecular formula is C14H18ClN3O3. The molecule has 1 atom stereocenters. The minimum absolute atomic E-state index is 0.209. The van der Waals surface area contributed by atoms with Gasteiger partial charge in [0.2, 0.25) is 5.91 Å². The molecule has 0 saturated carbocycles. The first kappa shape index (κ1) is 15.6. The monoisotopic (exact) mass is 311 g/mol. The number of aromatic nitrogens is 2. The van der Waals surface area contributed by atoms with Gasteiger partial charge >= 0.3 is 5.97 Å². The van der Waals surface area contributed by atoms with Crippen LogP contribution in [0.25, 0.3) is 6.08 Å². The second-order valence-electron chi connectivity index (χ2n) is 5.62. The summed E-state index contributed by atoms with van der Waals surface area (Å²) in [4.78, 5) is 24.9. The summed E-state index contributed by atoms with van der Waals surface area (Å²) in [5.41, 5.74) is 0.585. The number of carbonyl (C=O) groups excluding carboxylic acids is 1. The van der Waals surface area contributed by atoms with Crippen LogP contribution in [0.2, 0.25) is 5.15 Å². The molecule has 1 aliphatic heterocycles. The molecule has 114 valence electrons. The lowest BCUT2D eigenvalue weighted by molar-refractivity contribution is -0.147. The van der Waals surface area contributed by atoms with Crippen LogP contribution in [0.15, 0.2) is 6.08 Å². The Hall–Kier alpha value is -1.82. The van der Waals surface area contributed by atoms with Crippen LogP contribution in [0.1, 0.15) is 24.6 Å². The number of nitrogens with zero attached hydrogens (tertiary/aromatic N) is 3. The number of amides is 1. The van der Waals surface area contributed by atoms with Crippen molar-refractivity contribution in [1.29, 1.82) is 0 Å². The van der Waals surface area contributed by atoms with Crippen molar-refractivity contribution in [2.24, 2.45) is 12.5 Å². The first-order valence-corrected chi connectivity index (χ1v) is 7.02. The molecule has 1 fully saturated rings. The molecule has 0 aliphatic carbocycles. The van der Waals surface area contributed by atoms with Crippen molar-refractivity contribution in [3.8, 4) is 0 Å². The number of rotatable bonds is 3. The van der Waals surface area contributed by atoms with Gasteiger partial charge in [0, 0.05) is 31.8 Å². The zero-order valence-corrected chi connectivity index (χ0v) is 13.0. The van der Waals surface area contributed by atoms with Gasteiger partial charge in [-0.05, 0) is 26.3 Å². The lowest BCUT2D eigenvalue weighted by Gasteiger charge is -2.18. The number of aliphatic carboxylic acids is 1. The molecule has 0 spiro atoms. The number of carbonyl (C=O) groups is 2. The summed E-state index contributed by atoms with van der Waals surface area (Å²) in [6, 6.07) is 0. The smallest absolute Gasteiger partial charge is 0.311 e. The average molecular weight is 312 g/mol. The predicted molar refractivity (Wildman–Crippen MR) is 78.9 cm³/mol. The van der Waals surface area contributed by atoms with Crippen LogP contribution in [0.3, 0.4) is 0 Å². The van der Waals surface area contributed by atoms with E-state index in [0.29, 0.717) is 23.7 Å². The summed E-state index contributed by atoms with van der Waals surface area (Å²) in [5.74, 6) is -1.08. The molecule has 2 heterocycles. The Balaban J connectivity index is 2.09. The van der Waals surface area contributed by atoms with Gasteiger partial charge in [-0.3, -0.25) is 14.3 Å². The largest absolute Gasteiger partial charge is 0.481 e. The fraction of sp³-hybridized carbons (Fsp3) is 0.500. The van der Waals surface area contributed by atoms with E-state index in [4.69, 9.17) is 11.6 Å². The number of halogens is 1. The quantitative estimate of drug-likeness (QED) is 0.862. The highest BCUT2D eigenvalue weighted by Crippen LogP contribution is 2.30. The summed E-state index contributed by atoms with van der Waals surface area (Å²) in [7, 11) is 1.73. The second-order valence-corrected chi connectivity index (χ2v) is 5.98. The van der Waals surface area contributed by atoms with Crippen LogP contribution in [-0.2, 0) is 16.6 Å². The third-order valence-corrected chi connectivity index (χ3v) is 4.34. The van der Waals surface area contributed by atoms with Crippen molar-refractivity contribution >= 4 is 29.6 Å². The lowest BCUT2D eigenvalue weighted by atomic mass is 9.90. The minimum atomic E-state index is -0.868. The predicted octanol–water partition coefficient (Wildman–Crippen LogP) is 1.72. The Bertz CT molecular complexity index is 623. The van der Waals surface area contributed by atoms with Crippen molar-refractivity contribution in [2.75, 3.05) is 13.1 Å². The first-order valence-electron chi connectivity index (χ1n) is 6.64. The molecule has 21 heavy (non-hydrogen) atoms. The Morgan fingerprint density at radius 3 is 2.62 bits per heavy atom. The van der Waals surface area contributed by atoms with E-state index in [1.54, 1.807) is 29.6 Å². The van der Waals surface area contributed by atoms with E-state index in [2.05, 4.69) is 5.10 Å². The number of aryl methyl sites for hydroxylation is 2. The molecule has 1 amide bonds. The molecule has 1 aromatic rings. The van der Waals surface area contributed by atoms with E-state index in [0.717, 1.165) is 5.69 Å². The van der Waals surface area contributed by atoms with Crippen LogP contribution >= 0.6 is 11.6 Å². The molecule has 1 N–H and O–H groups in total. The van der Waals surface area contributed by atoms with Crippen molar-refractivity contribution in [3.05, 3.63) is 22.5 Å². The van der Waals surface area contributed by atoms with Crippen molar-refractivity contribution in [3.63, 3.8) is 0 Å². The van der Waals surface area contributed by atoms with Crippen LogP contribution in [-0.4, -0.2) is 44.8 Å². The van der Waals surface area contributed by atoms with Gasteiger partial charge in [-0.15, -0.1) is 0 Å². The maximum atomic E-state index is 12.1. The van der Waals surface area contributed by atoms with Crippen LogP contribution in [0.5, 0.6) is 0 Å². The minimum Gasteiger partial charge on any atom is -0.481 e. The summed E-state index contributed by atoms with van der Waals surface area (Å²) in [6.45, 7) is 4.15. The molecule has 2 rings (SSSR count). The van der Waals surface area contributed by atoms with E-state index in [1.807, 2.05) is 6.92 Å². The van der Waals surface area contributed by atoms with E-state index in [9.17, 15) is 14.7 Å². The van der Waals surface area contributed by atoms with E-state index in [1.165, 1.54) is 6.08 Å².